The summed E-state index contributed by atoms with van der Waals surface area (Å²) in [7, 11) is 0. The van der Waals surface area contributed by atoms with Crippen molar-refractivity contribution in [3.63, 3.8) is 0 Å². The molecule has 0 radical (unpaired) electrons. The molecule has 0 saturated heterocycles. The van der Waals surface area contributed by atoms with Crippen molar-refractivity contribution in [1.82, 2.24) is 0 Å². The van der Waals surface area contributed by atoms with Crippen molar-refractivity contribution in [2.45, 2.75) is 19.3 Å². The Balaban J connectivity index is 1.67. The molecule has 0 bridgehead atoms. The first-order valence-electron chi connectivity index (χ1n) is 6.36. The number of fused-ring (bicyclic) bond motifs is 1. The number of carbonyl (C=O) groups is 1. The summed E-state index contributed by atoms with van der Waals surface area (Å²) in [6.45, 7) is 0.771. The molecule has 2 heterocycles. The first kappa shape index (κ1) is 14.3. The number of ketones is 1. The van der Waals surface area contributed by atoms with Gasteiger partial charge in [-0.15, -0.1) is 11.3 Å². The normalized spacial score (nSPS) is 13.1. The number of aryl methyl sites for hydroxylation is 1. The molecule has 1 aliphatic heterocycles. The average Bonchev–Trinajstić information content (AvgIpc) is 3.01. The van der Waals surface area contributed by atoms with Crippen molar-refractivity contribution in [2.75, 3.05) is 6.61 Å². The second-order valence-corrected chi connectivity index (χ2v) is 8.45. The Kier molecular flexibility index (Phi) is 4.29. The van der Waals surface area contributed by atoms with E-state index in [9.17, 15) is 4.79 Å². The summed E-state index contributed by atoms with van der Waals surface area (Å²) in [6, 6.07) is 8.11. The molecule has 1 aromatic heterocycles. The van der Waals surface area contributed by atoms with Gasteiger partial charge in [-0.3, -0.25) is 4.79 Å². The Morgan fingerprint density at radius 3 is 2.90 bits per heavy atom. The quantitative estimate of drug-likeness (QED) is 0.655. The van der Waals surface area contributed by atoms with Gasteiger partial charge in [0.25, 0.3) is 0 Å². The summed E-state index contributed by atoms with van der Waals surface area (Å²) in [5.41, 5.74) is 3.23. The fourth-order valence-corrected chi connectivity index (χ4v) is 5.17. The van der Waals surface area contributed by atoms with Crippen molar-refractivity contribution in [3.8, 4) is 5.75 Å². The van der Waals surface area contributed by atoms with Crippen molar-refractivity contribution < 1.29 is 9.53 Å². The highest BCUT2D eigenvalue weighted by molar-refractivity contribution is 9.12. The molecule has 1 aliphatic rings. The molecule has 20 heavy (non-hydrogen) atoms. The lowest BCUT2D eigenvalue weighted by Gasteiger charge is -2.04. The summed E-state index contributed by atoms with van der Waals surface area (Å²) >= 11 is 8.37. The molecule has 3 rings (SSSR count). The van der Waals surface area contributed by atoms with Crippen LogP contribution >= 0.6 is 43.2 Å². The molecule has 2 aromatic rings. The summed E-state index contributed by atoms with van der Waals surface area (Å²) in [5, 5.41) is 0. The Morgan fingerprint density at radius 2 is 2.15 bits per heavy atom. The fourth-order valence-electron chi connectivity index (χ4n) is 2.32. The highest BCUT2D eigenvalue weighted by Gasteiger charge is 2.15. The SMILES string of the molecule is O=C(CCc1ccc2c(c1)CCO2)c1cc(Br)sc1Br. The molecule has 0 saturated carbocycles. The van der Waals surface area contributed by atoms with Crippen molar-refractivity contribution >= 4 is 49.0 Å². The van der Waals surface area contributed by atoms with Crippen LogP contribution in [0.2, 0.25) is 0 Å². The molecule has 2 nitrogen and oxygen atoms in total. The van der Waals surface area contributed by atoms with Crippen LogP contribution in [0.25, 0.3) is 0 Å². The van der Waals surface area contributed by atoms with E-state index in [0.29, 0.717) is 6.42 Å². The number of ether oxygens (including phenoxy) is 1. The first-order valence-corrected chi connectivity index (χ1v) is 8.76. The van der Waals surface area contributed by atoms with E-state index in [4.69, 9.17) is 4.74 Å². The molecule has 1 aromatic carbocycles. The molecule has 0 aliphatic carbocycles. The Labute approximate surface area is 138 Å². The lowest BCUT2D eigenvalue weighted by Crippen LogP contribution is -2.00. The van der Waals surface area contributed by atoms with Crippen LogP contribution in [0.15, 0.2) is 31.8 Å². The van der Waals surface area contributed by atoms with Gasteiger partial charge in [0.1, 0.15) is 5.75 Å². The molecule has 104 valence electrons. The second-order valence-electron chi connectivity index (χ2n) is 4.70. The average molecular weight is 416 g/mol. The number of rotatable bonds is 4. The molecule has 0 amide bonds. The number of hydrogen-bond acceptors (Lipinski definition) is 3. The minimum Gasteiger partial charge on any atom is -0.493 e. The van der Waals surface area contributed by atoms with Gasteiger partial charge in [0.15, 0.2) is 5.78 Å². The van der Waals surface area contributed by atoms with Crippen molar-refractivity contribution in [2.24, 2.45) is 0 Å². The van der Waals surface area contributed by atoms with Gasteiger partial charge >= 0.3 is 0 Å². The molecule has 0 fully saturated rings. The van der Waals surface area contributed by atoms with Crippen molar-refractivity contribution in [1.29, 1.82) is 0 Å². The molecular weight excluding hydrogens is 404 g/mol. The summed E-state index contributed by atoms with van der Waals surface area (Å²) in [5.74, 6) is 1.17. The minimum absolute atomic E-state index is 0.176. The molecular formula is C15H12Br2O2S. The predicted octanol–water partition coefficient (Wildman–Crippen LogP) is 5.02. The Bertz CT molecular complexity index is 664. The van der Waals surface area contributed by atoms with Crippen LogP contribution in [-0.2, 0) is 12.8 Å². The van der Waals surface area contributed by atoms with E-state index in [-0.39, 0.29) is 5.78 Å². The van der Waals surface area contributed by atoms with Crippen LogP contribution in [0.1, 0.15) is 27.9 Å². The summed E-state index contributed by atoms with van der Waals surface area (Å²) in [4.78, 5) is 12.2. The number of hydrogen-bond donors (Lipinski definition) is 0. The van der Waals surface area contributed by atoms with Crippen LogP contribution < -0.4 is 4.74 Å². The molecule has 0 atom stereocenters. The van der Waals surface area contributed by atoms with E-state index in [1.54, 1.807) is 0 Å². The minimum atomic E-state index is 0.176. The Morgan fingerprint density at radius 1 is 1.30 bits per heavy atom. The smallest absolute Gasteiger partial charge is 0.165 e. The van der Waals surface area contributed by atoms with E-state index in [2.05, 4.69) is 44.0 Å². The lowest BCUT2D eigenvalue weighted by atomic mass is 10.0. The van der Waals surface area contributed by atoms with Crippen LogP contribution in [0.4, 0.5) is 0 Å². The van der Waals surface area contributed by atoms with E-state index >= 15 is 0 Å². The number of carbonyl (C=O) groups excluding carboxylic acids is 1. The Hall–Kier alpha value is -0.650. The third kappa shape index (κ3) is 3.00. The highest BCUT2D eigenvalue weighted by Crippen LogP contribution is 2.33. The third-order valence-corrected chi connectivity index (χ3v) is 5.69. The lowest BCUT2D eigenvalue weighted by molar-refractivity contribution is 0.0982. The second kappa shape index (κ2) is 6.00. The van der Waals surface area contributed by atoms with E-state index < -0.39 is 0 Å². The van der Waals surface area contributed by atoms with E-state index in [0.717, 1.165) is 38.3 Å². The maximum Gasteiger partial charge on any atom is 0.165 e. The van der Waals surface area contributed by atoms with Gasteiger partial charge in [0.05, 0.1) is 14.2 Å². The monoisotopic (exact) mass is 414 g/mol. The standard InChI is InChI=1S/C15H12Br2O2S/c16-14-8-11(15(17)20-14)12(18)3-1-9-2-4-13-10(7-9)5-6-19-13/h2,4,7-8H,1,3,5-6H2. The largest absolute Gasteiger partial charge is 0.493 e. The predicted molar refractivity (Wildman–Crippen MR) is 88.0 cm³/mol. The zero-order chi connectivity index (χ0) is 14.1. The van der Waals surface area contributed by atoms with Gasteiger partial charge in [0, 0.05) is 18.4 Å². The third-order valence-electron chi connectivity index (χ3n) is 3.35. The van der Waals surface area contributed by atoms with Crippen LogP contribution in [-0.4, -0.2) is 12.4 Å². The van der Waals surface area contributed by atoms with Gasteiger partial charge in [-0.1, -0.05) is 12.1 Å². The van der Waals surface area contributed by atoms with E-state index in [1.807, 2.05) is 12.1 Å². The van der Waals surface area contributed by atoms with E-state index in [1.165, 1.54) is 22.5 Å². The zero-order valence-corrected chi connectivity index (χ0v) is 14.6. The zero-order valence-electron chi connectivity index (χ0n) is 10.6. The highest BCUT2D eigenvalue weighted by atomic mass is 79.9. The van der Waals surface area contributed by atoms with Crippen LogP contribution in [0, 0.1) is 0 Å². The van der Waals surface area contributed by atoms with Gasteiger partial charge in [-0.25, -0.2) is 0 Å². The van der Waals surface area contributed by atoms with Crippen molar-refractivity contribution in [3.05, 3.63) is 48.5 Å². The van der Waals surface area contributed by atoms with Gasteiger partial charge in [-0.05, 0) is 61.5 Å². The first-order chi connectivity index (χ1) is 9.63. The van der Waals surface area contributed by atoms with Crippen LogP contribution in [0.5, 0.6) is 5.75 Å². The number of thiophene rings is 1. The van der Waals surface area contributed by atoms with Gasteiger partial charge in [-0.2, -0.15) is 0 Å². The number of halogens is 2. The molecule has 5 heteroatoms. The maximum atomic E-state index is 12.2. The van der Waals surface area contributed by atoms with Gasteiger partial charge < -0.3 is 4.74 Å². The topological polar surface area (TPSA) is 26.3 Å². The number of benzene rings is 1. The summed E-state index contributed by atoms with van der Waals surface area (Å²) in [6.07, 6.45) is 2.27. The maximum absolute atomic E-state index is 12.2. The molecule has 0 N–H and O–H groups in total. The van der Waals surface area contributed by atoms with Crippen LogP contribution in [0.3, 0.4) is 0 Å². The number of Topliss-reactive ketones (excluding diaryl/α,β-unsaturated/α-hetero) is 1. The fraction of sp³-hybridized carbons (Fsp3) is 0.267. The molecule has 0 spiro atoms. The van der Waals surface area contributed by atoms with Gasteiger partial charge in [0.2, 0.25) is 0 Å². The summed E-state index contributed by atoms with van der Waals surface area (Å²) < 4.78 is 7.36. The molecule has 0 unspecified atom stereocenters.